The highest BCUT2D eigenvalue weighted by molar-refractivity contribution is 5.92. The summed E-state index contributed by atoms with van der Waals surface area (Å²) >= 11 is 0. The zero-order valence-electron chi connectivity index (χ0n) is 15.7. The summed E-state index contributed by atoms with van der Waals surface area (Å²) in [7, 11) is 0. The molecule has 7 heteroatoms. The summed E-state index contributed by atoms with van der Waals surface area (Å²) in [5.74, 6) is -1.78. The summed E-state index contributed by atoms with van der Waals surface area (Å²) in [6, 6.07) is 3.10. The maximum Gasteiger partial charge on any atom is 0.227 e. The van der Waals surface area contributed by atoms with Crippen molar-refractivity contribution in [2.45, 2.75) is 32.6 Å². The van der Waals surface area contributed by atoms with Crippen molar-refractivity contribution < 1.29 is 18.4 Å². The van der Waals surface area contributed by atoms with Crippen molar-refractivity contribution in [3.8, 4) is 0 Å². The Bertz CT molecular complexity index is 682. The molecule has 1 saturated heterocycles. The van der Waals surface area contributed by atoms with Crippen LogP contribution >= 0.6 is 0 Å². The standard InChI is InChI=1S/C20H27F2N3O2/c1-2-24-9-11-25(12-10-24)20(27)15-5-3-14(4-6-15)19(26)23-18-8-7-16(21)13-17(18)22/h7-8,13-15H,2-6,9-12H2,1H3,(H,23,26). The number of hydrogen-bond donors (Lipinski definition) is 1. The van der Waals surface area contributed by atoms with E-state index in [9.17, 15) is 18.4 Å². The van der Waals surface area contributed by atoms with Crippen LogP contribution in [0.25, 0.3) is 0 Å². The first-order valence-corrected chi connectivity index (χ1v) is 9.75. The predicted octanol–water partition coefficient (Wildman–Crippen LogP) is 2.87. The molecule has 0 atom stereocenters. The van der Waals surface area contributed by atoms with Crippen molar-refractivity contribution in [1.82, 2.24) is 9.80 Å². The molecule has 2 fully saturated rings. The molecule has 0 radical (unpaired) electrons. The number of rotatable bonds is 4. The van der Waals surface area contributed by atoms with E-state index in [2.05, 4.69) is 17.1 Å². The average Bonchev–Trinajstić information content (AvgIpc) is 2.69. The summed E-state index contributed by atoms with van der Waals surface area (Å²) < 4.78 is 26.7. The van der Waals surface area contributed by atoms with Gasteiger partial charge in [0.25, 0.3) is 0 Å². The molecule has 1 aromatic rings. The molecule has 0 spiro atoms. The van der Waals surface area contributed by atoms with Crippen LogP contribution in [0.2, 0.25) is 0 Å². The minimum Gasteiger partial charge on any atom is -0.340 e. The molecule has 2 amide bonds. The quantitative estimate of drug-likeness (QED) is 0.875. The Morgan fingerprint density at radius 3 is 2.26 bits per heavy atom. The van der Waals surface area contributed by atoms with E-state index in [1.807, 2.05) is 4.90 Å². The van der Waals surface area contributed by atoms with E-state index in [0.717, 1.165) is 44.9 Å². The Morgan fingerprint density at radius 2 is 1.67 bits per heavy atom. The first-order chi connectivity index (χ1) is 13.0. The number of hydrogen-bond acceptors (Lipinski definition) is 3. The van der Waals surface area contributed by atoms with Gasteiger partial charge in [-0.25, -0.2) is 8.78 Å². The second kappa shape index (κ2) is 8.78. The lowest BCUT2D eigenvalue weighted by molar-refractivity contribution is -0.139. The minimum atomic E-state index is -0.779. The van der Waals surface area contributed by atoms with E-state index in [0.29, 0.717) is 25.7 Å². The number of benzene rings is 1. The predicted molar refractivity (Wildman–Crippen MR) is 99.1 cm³/mol. The molecule has 1 aliphatic carbocycles. The van der Waals surface area contributed by atoms with Crippen molar-refractivity contribution >= 4 is 17.5 Å². The van der Waals surface area contributed by atoms with Crippen LogP contribution in [0, 0.1) is 23.5 Å². The smallest absolute Gasteiger partial charge is 0.227 e. The Kier molecular flexibility index (Phi) is 6.42. The zero-order valence-corrected chi connectivity index (χ0v) is 15.7. The lowest BCUT2D eigenvalue weighted by Gasteiger charge is -2.37. The highest BCUT2D eigenvalue weighted by Crippen LogP contribution is 2.31. The van der Waals surface area contributed by atoms with Crippen LogP contribution in [0.5, 0.6) is 0 Å². The third kappa shape index (κ3) is 4.83. The van der Waals surface area contributed by atoms with Crippen molar-refractivity contribution in [2.75, 3.05) is 38.0 Å². The normalized spacial score (nSPS) is 23.9. The maximum atomic E-state index is 13.7. The Hall–Kier alpha value is -2.02. The SMILES string of the molecule is CCN1CCN(C(=O)C2CCC(C(=O)Nc3ccc(F)cc3F)CC2)CC1. The minimum absolute atomic E-state index is 0.00612. The third-order valence-corrected chi connectivity index (χ3v) is 5.77. The van der Waals surface area contributed by atoms with Gasteiger partial charge in [-0.15, -0.1) is 0 Å². The number of likely N-dealkylation sites (N-methyl/N-ethyl adjacent to an activating group) is 1. The molecular formula is C20H27F2N3O2. The lowest BCUT2D eigenvalue weighted by atomic mass is 9.80. The van der Waals surface area contributed by atoms with Crippen LogP contribution in [-0.2, 0) is 9.59 Å². The molecule has 5 nitrogen and oxygen atoms in total. The molecule has 1 aromatic carbocycles. The van der Waals surface area contributed by atoms with Gasteiger partial charge in [-0.1, -0.05) is 6.92 Å². The van der Waals surface area contributed by atoms with Gasteiger partial charge in [-0.3, -0.25) is 9.59 Å². The van der Waals surface area contributed by atoms with Crippen LogP contribution in [0.15, 0.2) is 18.2 Å². The fourth-order valence-electron chi connectivity index (χ4n) is 3.97. The van der Waals surface area contributed by atoms with E-state index >= 15 is 0 Å². The molecule has 0 bridgehead atoms. The Morgan fingerprint density at radius 1 is 1.04 bits per heavy atom. The fourth-order valence-corrected chi connectivity index (χ4v) is 3.97. The molecule has 3 rings (SSSR count). The summed E-state index contributed by atoms with van der Waals surface area (Å²) in [5, 5.41) is 2.54. The van der Waals surface area contributed by atoms with Crippen LogP contribution in [0.1, 0.15) is 32.6 Å². The second-order valence-electron chi connectivity index (χ2n) is 7.42. The van der Waals surface area contributed by atoms with Crippen molar-refractivity contribution in [2.24, 2.45) is 11.8 Å². The van der Waals surface area contributed by atoms with Gasteiger partial charge in [-0.2, -0.15) is 0 Å². The van der Waals surface area contributed by atoms with Gasteiger partial charge in [-0.05, 0) is 44.4 Å². The molecule has 1 N–H and O–H groups in total. The number of piperazine rings is 1. The molecule has 0 aromatic heterocycles. The number of halogens is 2. The van der Waals surface area contributed by atoms with Gasteiger partial charge >= 0.3 is 0 Å². The highest BCUT2D eigenvalue weighted by Gasteiger charge is 2.33. The molecule has 1 heterocycles. The third-order valence-electron chi connectivity index (χ3n) is 5.77. The summed E-state index contributed by atoms with van der Waals surface area (Å²) in [4.78, 5) is 29.4. The van der Waals surface area contributed by atoms with Crippen molar-refractivity contribution in [3.63, 3.8) is 0 Å². The van der Waals surface area contributed by atoms with Crippen LogP contribution in [0.4, 0.5) is 14.5 Å². The molecule has 148 valence electrons. The largest absolute Gasteiger partial charge is 0.340 e. The summed E-state index contributed by atoms with van der Waals surface area (Å²) in [5.41, 5.74) is -0.00612. The number of carbonyl (C=O) groups excluding carboxylic acids is 2. The number of nitrogens with one attached hydrogen (secondary N) is 1. The molecule has 1 saturated carbocycles. The highest BCUT2D eigenvalue weighted by atomic mass is 19.1. The Labute approximate surface area is 158 Å². The van der Waals surface area contributed by atoms with Crippen LogP contribution in [0.3, 0.4) is 0 Å². The first-order valence-electron chi connectivity index (χ1n) is 9.75. The van der Waals surface area contributed by atoms with E-state index in [1.165, 1.54) is 6.07 Å². The van der Waals surface area contributed by atoms with Gasteiger partial charge in [0.2, 0.25) is 11.8 Å². The van der Waals surface area contributed by atoms with E-state index < -0.39 is 11.6 Å². The van der Waals surface area contributed by atoms with Gasteiger partial charge in [0, 0.05) is 44.1 Å². The van der Waals surface area contributed by atoms with Crippen molar-refractivity contribution in [1.29, 1.82) is 0 Å². The van der Waals surface area contributed by atoms with Gasteiger partial charge < -0.3 is 15.1 Å². The monoisotopic (exact) mass is 379 g/mol. The van der Waals surface area contributed by atoms with Crippen LogP contribution < -0.4 is 5.32 Å². The average molecular weight is 379 g/mol. The maximum absolute atomic E-state index is 13.7. The van der Waals surface area contributed by atoms with E-state index in [-0.39, 0.29) is 29.3 Å². The fraction of sp³-hybridized carbons (Fsp3) is 0.600. The molecular weight excluding hydrogens is 352 g/mol. The number of anilines is 1. The Balaban J connectivity index is 1.48. The molecule has 2 aliphatic rings. The summed E-state index contributed by atoms with van der Waals surface area (Å²) in [6.07, 6.45) is 2.58. The molecule has 0 unspecified atom stereocenters. The first kappa shape index (κ1) is 19.7. The van der Waals surface area contributed by atoms with Crippen LogP contribution in [-0.4, -0.2) is 54.3 Å². The van der Waals surface area contributed by atoms with Gasteiger partial charge in [0.15, 0.2) is 0 Å². The topological polar surface area (TPSA) is 52.7 Å². The van der Waals surface area contributed by atoms with Crippen molar-refractivity contribution in [3.05, 3.63) is 29.8 Å². The van der Waals surface area contributed by atoms with Gasteiger partial charge in [0.1, 0.15) is 11.6 Å². The lowest BCUT2D eigenvalue weighted by Crippen LogP contribution is -2.50. The summed E-state index contributed by atoms with van der Waals surface area (Å²) in [6.45, 7) is 6.53. The second-order valence-corrected chi connectivity index (χ2v) is 7.42. The number of nitrogens with zero attached hydrogens (tertiary/aromatic N) is 2. The van der Waals surface area contributed by atoms with E-state index in [1.54, 1.807) is 0 Å². The number of amides is 2. The van der Waals surface area contributed by atoms with E-state index in [4.69, 9.17) is 0 Å². The molecule has 1 aliphatic heterocycles. The molecule has 27 heavy (non-hydrogen) atoms. The van der Waals surface area contributed by atoms with Gasteiger partial charge in [0.05, 0.1) is 5.69 Å². The zero-order chi connectivity index (χ0) is 19.4. The number of carbonyl (C=O) groups is 2.